The van der Waals surface area contributed by atoms with Gasteiger partial charge in [-0.15, -0.1) is 0 Å². The van der Waals surface area contributed by atoms with Gasteiger partial charge < -0.3 is 10.1 Å². The van der Waals surface area contributed by atoms with Gasteiger partial charge in [0, 0.05) is 31.9 Å². The Morgan fingerprint density at radius 3 is 2.74 bits per heavy atom. The molecule has 19 heavy (non-hydrogen) atoms. The molecule has 0 amide bonds. The lowest BCUT2D eigenvalue weighted by atomic mass is 10.2. The van der Waals surface area contributed by atoms with Crippen molar-refractivity contribution in [1.82, 2.24) is 15.1 Å². The number of hydrogen-bond donors (Lipinski definition) is 1. The molecule has 0 radical (unpaired) electrons. The molecule has 5 nitrogen and oxygen atoms in total. The fourth-order valence-corrected chi connectivity index (χ4v) is 1.84. The number of esters is 1. The summed E-state index contributed by atoms with van der Waals surface area (Å²) in [6.07, 6.45) is 3.32. The highest BCUT2D eigenvalue weighted by Gasteiger charge is 2.15. The van der Waals surface area contributed by atoms with Crippen molar-refractivity contribution in [1.29, 1.82) is 0 Å². The number of nitrogens with one attached hydrogen (secondary N) is 1. The third-order valence-electron chi connectivity index (χ3n) is 2.57. The molecule has 0 aromatic carbocycles. The average Bonchev–Trinajstić information content (AvgIpc) is 2.63. The lowest BCUT2D eigenvalue weighted by Gasteiger charge is -2.19. The van der Waals surface area contributed by atoms with Crippen molar-refractivity contribution in [3.05, 3.63) is 17.5 Å². The van der Waals surface area contributed by atoms with Gasteiger partial charge in [0.25, 0.3) is 0 Å². The van der Waals surface area contributed by atoms with Crippen LogP contribution in [0.2, 0.25) is 0 Å². The van der Waals surface area contributed by atoms with E-state index in [4.69, 9.17) is 4.74 Å². The molecule has 0 aliphatic rings. The molecule has 0 atom stereocenters. The molecule has 1 rings (SSSR count). The second kappa shape index (κ2) is 6.70. The molecule has 0 bridgehead atoms. The Morgan fingerprint density at radius 2 is 2.16 bits per heavy atom. The number of ether oxygens (including phenoxy) is 1. The summed E-state index contributed by atoms with van der Waals surface area (Å²) in [7, 11) is 1.92. The van der Waals surface area contributed by atoms with Crippen molar-refractivity contribution in [2.75, 3.05) is 6.54 Å². The van der Waals surface area contributed by atoms with Gasteiger partial charge in [0.05, 0.1) is 12.1 Å². The smallest absolute Gasteiger partial charge is 0.307 e. The van der Waals surface area contributed by atoms with Gasteiger partial charge in [-0.25, -0.2) is 0 Å². The van der Waals surface area contributed by atoms with E-state index in [2.05, 4.69) is 17.3 Å². The zero-order valence-corrected chi connectivity index (χ0v) is 12.6. The van der Waals surface area contributed by atoms with Crippen LogP contribution in [0.3, 0.4) is 0 Å². The van der Waals surface area contributed by atoms with Crippen LogP contribution in [0.15, 0.2) is 6.20 Å². The second-order valence-corrected chi connectivity index (χ2v) is 5.64. The van der Waals surface area contributed by atoms with E-state index in [0.717, 1.165) is 18.7 Å². The van der Waals surface area contributed by atoms with Gasteiger partial charge in [0.1, 0.15) is 5.60 Å². The summed E-state index contributed by atoms with van der Waals surface area (Å²) in [6.45, 7) is 9.07. The Kier molecular flexibility index (Phi) is 5.54. The van der Waals surface area contributed by atoms with Crippen LogP contribution >= 0.6 is 0 Å². The summed E-state index contributed by atoms with van der Waals surface area (Å²) in [5.74, 6) is -0.165. The molecular formula is C14H25N3O2. The molecule has 0 unspecified atom stereocenters. The number of carbonyl (C=O) groups is 1. The van der Waals surface area contributed by atoms with Crippen LogP contribution in [0.5, 0.6) is 0 Å². The quantitative estimate of drug-likeness (QED) is 0.631. The van der Waals surface area contributed by atoms with Crippen LogP contribution in [0, 0.1) is 0 Å². The minimum absolute atomic E-state index is 0.165. The standard InChI is InChI=1S/C14H25N3O2/c1-6-12-11(10-17(5)16-12)9-15-8-7-13(18)19-14(2,3)4/h10,15H,6-9H2,1-5H3. The van der Waals surface area contributed by atoms with Crippen LogP contribution < -0.4 is 5.32 Å². The Hall–Kier alpha value is -1.36. The van der Waals surface area contributed by atoms with Crippen molar-refractivity contribution in [2.45, 2.75) is 52.7 Å². The summed E-state index contributed by atoms with van der Waals surface area (Å²) >= 11 is 0. The number of rotatable bonds is 6. The van der Waals surface area contributed by atoms with Crippen molar-refractivity contribution >= 4 is 5.97 Å². The first-order valence-corrected chi connectivity index (χ1v) is 6.75. The molecule has 1 heterocycles. The van der Waals surface area contributed by atoms with Crippen molar-refractivity contribution in [3.8, 4) is 0 Å². The molecular weight excluding hydrogens is 242 g/mol. The first kappa shape index (κ1) is 15.7. The van der Waals surface area contributed by atoms with Gasteiger partial charge in [-0.1, -0.05) is 6.92 Å². The van der Waals surface area contributed by atoms with Crippen molar-refractivity contribution < 1.29 is 9.53 Å². The van der Waals surface area contributed by atoms with E-state index in [9.17, 15) is 4.79 Å². The van der Waals surface area contributed by atoms with E-state index in [-0.39, 0.29) is 5.97 Å². The summed E-state index contributed by atoms with van der Waals surface area (Å²) in [5, 5.41) is 7.63. The van der Waals surface area contributed by atoms with E-state index < -0.39 is 5.60 Å². The van der Waals surface area contributed by atoms with E-state index in [1.807, 2.05) is 38.7 Å². The molecule has 108 valence electrons. The van der Waals surface area contributed by atoms with Crippen LogP contribution in [0.25, 0.3) is 0 Å². The van der Waals surface area contributed by atoms with Gasteiger partial charge in [0.15, 0.2) is 0 Å². The Morgan fingerprint density at radius 1 is 1.47 bits per heavy atom. The minimum Gasteiger partial charge on any atom is -0.460 e. The van der Waals surface area contributed by atoms with Crippen LogP contribution in [-0.2, 0) is 29.5 Å². The van der Waals surface area contributed by atoms with Gasteiger partial charge in [-0.2, -0.15) is 5.10 Å². The number of carbonyl (C=O) groups excluding carboxylic acids is 1. The Labute approximate surface area is 115 Å². The maximum Gasteiger partial charge on any atom is 0.307 e. The molecule has 0 spiro atoms. The molecule has 0 saturated heterocycles. The summed E-state index contributed by atoms with van der Waals surface area (Å²) in [4.78, 5) is 11.5. The highest BCUT2D eigenvalue weighted by atomic mass is 16.6. The van der Waals surface area contributed by atoms with Gasteiger partial charge >= 0.3 is 5.97 Å². The predicted molar refractivity (Wildman–Crippen MR) is 74.8 cm³/mol. The number of hydrogen-bond acceptors (Lipinski definition) is 4. The lowest BCUT2D eigenvalue weighted by molar-refractivity contribution is -0.154. The fraction of sp³-hybridized carbons (Fsp3) is 0.714. The summed E-state index contributed by atoms with van der Waals surface area (Å²) in [5.41, 5.74) is 1.89. The summed E-state index contributed by atoms with van der Waals surface area (Å²) < 4.78 is 7.07. The van der Waals surface area contributed by atoms with E-state index >= 15 is 0 Å². The molecule has 1 aromatic rings. The molecule has 0 fully saturated rings. The lowest BCUT2D eigenvalue weighted by Crippen LogP contribution is -2.26. The van der Waals surface area contributed by atoms with Crippen LogP contribution in [0.1, 0.15) is 45.4 Å². The summed E-state index contributed by atoms with van der Waals surface area (Å²) in [6, 6.07) is 0. The first-order valence-electron chi connectivity index (χ1n) is 6.75. The van der Waals surface area contributed by atoms with Crippen molar-refractivity contribution in [2.24, 2.45) is 7.05 Å². The normalized spacial score (nSPS) is 11.6. The SMILES string of the molecule is CCc1nn(C)cc1CNCCC(=O)OC(C)(C)C. The Bertz CT molecular complexity index is 419. The van der Waals surface area contributed by atoms with Crippen LogP contribution in [-0.4, -0.2) is 27.9 Å². The van der Waals surface area contributed by atoms with Crippen molar-refractivity contribution in [3.63, 3.8) is 0 Å². The minimum atomic E-state index is -0.407. The molecule has 5 heteroatoms. The van der Waals surface area contributed by atoms with E-state index in [0.29, 0.717) is 13.0 Å². The Balaban J connectivity index is 2.29. The third kappa shape index (κ3) is 5.87. The highest BCUT2D eigenvalue weighted by Crippen LogP contribution is 2.08. The number of nitrogens with zero attached hydrogens (tertiary/aromatic N) is 2. The average molecular weight is 267 g/mol. The molecule has 0 saturated carbocycles. The maximum absolute atomic E-state index is 11.5. The largest absolute Gasteiger partial charge is 0.460 e. The zero-order valence-electron chi connectivity index (χ0n) is 12.6. The second-order valence-electron chi connectivity index (χ2n) is 5.64. The molecule has 0 aliphatic carbocycles. The number of aromatic nitrogens is 2. The molecule has 1 N–H and O–H groups in total. The topological polar surface area (TPSA) is 56.2 Å². The molecule has 1 aromatic heterocycles. The van der Waals surface area contributed by atoms with Gasteiger partial charge in [-0.3, -0.25) is 9.48 Å². The number of aryl methyl sites for hydroxylation is 2. The zero-order chi connectivity index (χ0) is 14.5. The predicted octanol–water partition coefficient (Wildman–Crippen LogP) is 1.80. The first-order chi connectivity index (χ1) is 8.81. The monoisotopic (exact) mass is 267 g/mol. The van der Waals surface area contributed by atoms with E-state index in [1.165, 1.54) is 5.56 Å². The van der Waals surface area contributed by atoms with Gasteiger partial charge in [-0.05, 0) is 27.2 Å². The third-order valence-corrected chi connectivity index (χ3v) is 2.57. The van der Waals surface area contributed by atoms with Crippen LogP contribution in [0.4, 0.5) is 0 Å². The molecule has 0 aliphatic heterocycles. The highest BCUT2D eigenvalue weighted by molar-refractivity contribution is 5.70. The maximum atomic E-state index is 11.5. The van der Waals surface area contributed by atoms with Gasteiger partial charge in [0.2, 0.25) is 0 Å². The van der Waals surface area contributed by atoms with E-state index in [1.54, 1.807) is 0 Å². The fourth-order valence-electron chi connectivity index (χ4n) is 1.84.